The maximum absolute atomic E-state index is 10.4. The number of carboxylic acid groups (broad SMARTS) is 2. The number of benzene rings is 2. The maximum Gasteiger partial charge on any atom is 2.00 e. The van der Waals surface area contributed by atoms with Crippen molar-refractivity contribution < 1.29 is 47.5 Å². The van der Waals surface area contributed by atoms with Crippen LogP contribution in [-0.2, 0) is 37.3 Å². The van der Waals surface area contributed by atoms with E-state index in [-0.39, 0.29) is 27.7 Å². The second kappa shape index (κ2) is 10.9. The van der Waals surface area contributed by atoms with Crippen molar-refractivity contribution >= 4 is 11.9 Å². The third-order valence-corrected chi connectivity index (χ3v) is 3.31. The van der Waals surface area contributed by atoms with E-state index in [2.05, 4.69) is 0 Å². The van der Waals surface area contributed by atoms with Gasteiger partial charge in [0.05, 0.1) is 0 Å². The molecule has 0 fully saturated rings. The van der Waals surface area contributed by atoms with Crippen LogP contribution in [0.1, 0.15) is 36.8 Å². The zero-order chi connectivity index (χ0) is 16.5. The number of rotatable bonds is 4. The van der Waals surface area contributed by atoms with Gasteiger partial charge in [-0.2, -0.15) is 0 Å². The van der Waals surface area contributed by atoms with E-state index in [0.717, 1.165) is 11.1 Å². The summed E-state index contributed by atoms with van der Waals surface area (Å²) in [7, 11) is 0. The summed E-state index contributed by atoms with van der Waals surface area (Å²) in [4.78, 5) is 20.8. The standard InChI is InChI=1S/2C9H10O2.Hg/c2*1-7(9(10)11)8-5-3-2-4-6-8;/h2*2-7H,1H3,(H,10,11);/q;;+2/p-2. The molecular weight excluding hydrogens is 481 g/mol. The Labute approximate surface area is 156 Å². The summed E-state index contributed by atoms with van der Waals surface area (Å²) >= 11 is 0. The molecule has 23 heavy (non-hydrogen) atoms. The van der Waals surface area contributed by atoms with Gasteiger partial charge in [0.25, 0.3) is 0 Å². The summed E-state index contributed by atoms with van der Waals surface area (Å²) in [5.41, 5.74) is 1.57. The summed E-state index contributed by atoms with van der Waals surface area (Å²) in [5.74, 6) is -3.10. The van der Waals surface area contributed by atoms with E-state index in [9.17, 15) is 19.8 Å². The van der Waals surface area contributed by atoms with Gasteiger partial charge in [-0.15, -0.1) is 0 Å². The van der Waals surface area contributed by atoms with E-state index in [0.29, 0.717) is 0 Å². The van der Waals surface area contributed by atoms with Crippen LogP contribution >= 0.6 is 0 Å². The SMILES string of the molecule is CC(C(=O)[O-])c1ccccc1.CC(C(=O)[O-])c1ccccc1.[Hg+2]. The normalized spacial score (nSPS) is 11.9. The van der Waals surface area contributed by atoms with Crippen LogP contribution in [0.25, 0.3) is 0 Å². The predicted octanol–water partition coefficient (Wildman–Crippen LogP) is 1.08. The number of carbonyl (C=O) groups excluding carboxylic acids is 2. The van der Waals surface area contributed by atoms with E-state index >= 15 is 0 Å². The van der Waals surface area contributed by atoms with Gasteiger partial charge in [-0.05, 0) is 11.1 Å². The van der Waals surface area contributed by atoms with Crippen molar-refractivity contribution in [2.24, 2.45) is 0 Å². The second-order valence-corrected chi connectivity index (χ2v) is 4.90. The van der Waals surface area contributed by atoms with E-state index in [1.807, 2.05) is 36.4 Å². The molecule has 4 nitrogen and oxygen atoms in total. The van der Waals surface area contributed by atoms with Gasteiger partial charge in [-0.25, -0.2) is 0 Å². The topological polar surface area (TPSA) is 80.3 Å². The third kappa shape index (κ3) is 7.42. The molecule has 0 saturated heterocycles. The number of aliphatic carboxylic acids is 2. The Hall–Kier alpha value is -1.68. The molecule has 5 heteroatoms. The number of carboxylic acids is 2. The summed E-state index contributed by atoms with van der Waals surface area (Å²) < 4.78 is 0. The van der Waals surface area contributed by atoms with Gasteiger partial charge < -0.3 is 19.8 Å². The molecule has 0 aliphatic carbocycles. The first-order valence-electron chi connectivity index (χ1n) is 6.95. The largest absolute Gasteiger partial charge is 2.00 e. The van der Waals surface area contributed by atoms with Crippen LogP contribution in [0.2, 0.25) is 0 Å². The van der Waals surface area contributed by atoms with Crippen LogP contribution < -0.4 is 10.2 Å². The Bertz CT molecular complexity index is 543. The van der Waals surface area contributed by atoms with Crippen molar-refractivity contribution in [2.45, 2.75) is 25.7 Å². The fourth-order valence-corrected chi connectivity index (χ4v) is 1.76. The third-order valence-electron chi connectivity index (χ3n) is 3.31. The van der Waals surface area contributed by atoms with Crippen LogP contribution in [0, 0.1) is 0 Å². The molecule has 0 aliphatic heterocycles. The monoisotopic (exact) mass is 500 g/mol. The summed E-state index contributed by atoms with van der Waals surface area (Å²) in [6.07, 6.45) is 0. The molecule has 0 aromatic heterocycles. The Morgan fingerprint density at radius 2 is 0.957 bits per heavy atom. The molecule has 0 saturated carbocycles. The molecule has 0 spiro atoms. The molecule has 0 N–H and O–H groups in total. The van der Waals surface area contributed by atoms with Crippen molar-refractivity contribution in [3.8, 4) is 0 Å². The van der Waals surface area contributed by atoms with Crippen molar-refractivity contribution in [3.05, 3.63) is 71.8 Å². The fourth-order valence-electron chi connectivity index (χ4n) is 1.76. The first-order chi connectivity index (χ1) is 10.4. The van der Waals surface area contributed by atoms with E-state index in [1.54, 1.807) is 38.1 Å². The molecule has 2 aromatic carbocycles. The first kappa shape index (κ1) is 21.3. The maximum atomic E-state index is 10.4. The second-order valence-electron chi connectivity index (χ2n) is 4.90. The summed E-state index contributed by atoms with van der Waals surface area (Å²) in [5, 5.41) is 20.8. The van der Waals surface area contributed by atoms with Gasteiger partial charge >= 0.3 is 27.7 Å². The Morgan fingerprint density at radius 1 is 0.696 bits per heavy atom. The summed E-state index contributed by atoms with van der Waals surface area (Å²) in [6, 6.07) is 18.1. The zero-order valence-electron chi connectivity index (χ0n) is 13.3. The summed E-state index contributed by atoms with van der Waals surface area (Å²) in [6.45, 7) is 3.23. The minimum Gasteiger partial charge on any atom is -0.550 e. The van der Waals surface area contributed by atoms with E-state index < -0.39 is 23.8 Å². The molecule has 2 aromatic rings. The fraction of sp³-hybridized carbons (Fsp3) is 0.222. The Morgan fingerprint density at radius 3 is 1.17 bits per heavy atom. The molecule has 0 aliphatic rings. The van der Waals surface area contributed by atoms with Gasteiger partial charge in [-0.3, -0.25) is 0 Å². The van der Waals surface area contributed by atoms with Gasteiger partial charge in [0.2, 0.25) is 0 Å². The minimum atomic E-state index is -1.03. The molecule has 0 radical (unpaired) electrons. The Balaban J connectivity index is 0.000000403. The van der Waals surface area contributed by atoms with Crippen molar-refractivity contribution in [1.29, 1.82) is 0 Å². The van der Waals surface area contributed by atoms with Crippen LogP contribution in [-0.4, -0.2) is 11.9 Å². The number of carbonyl (C=O) groups is 2. The predicted molar refractivity (Wildman–Crippen MR) is 79.7 cm³/mol. The van der Waals surface area contributed by atoms with Crippen molar-refractivity contribution in [1.82, 2.24) is 0 Å². The molecule has 0 bridgehead atoms. The zero-order valence-corrected chi connectivity index (χ0v) is 18.8. The van der Waals surface area contributed by atoms with Crippen LogP contribution in [0.3, 0.4) is 0 Å². The van der Waals surface area contributed by atoms with Gasteiger partial charge in [-0.1, -0.05) is 74.5 Å². The van der Waals surface area contributed by atoms with Gasteiger partial charge in [0.1, 0.15) is 0 Å². The molecule has 0 heterocycles. The molecule has 2 rings (SSSR count). The molecule has 0 amide bonds. The van der Waals surface area contributed by atoms with Crippen LogP contribution in [0.5, 0.6) is 0 Å². The first-order valence-corrected chi connectivity index (χ1v) is 6.95. The van der Waals surface area contributed by atoms with Gasteiger partial charge in [0.15, 0.2) is 0 Å². The molecular formula is C18H18HgO4. The Kier molecular flexibility index (Phi) is 10.1. The minimum absolute atomic E-state index is 0. The smallest absolute Gasteiger partial charge is 0.550 e. The van der Waals surface area contributed by atoms with Gasteiger partial charge in [0, 0.05) is 23.8 Å². The average molecular weight is 499 g/mol. The number of hydrogen-bond donors (Lipinski definition) is 0. The quantitative estimate of drug-likeness (QED) is 0.591. The molecule has 2 unspecified atom stereocenters. The van der Waals surface area contributed by atoms with Crippen molar-refractivity contribution in [3.63, 3.8) is 0 Å². The number of hydrogen-bond acceptors (Lipinski definition) is 4. The average Bonchev–Trinajstić information content (AvgIpc) is 2.55. The van der Waals surface area contributed by atoms with Crippen molar-refractivity contribution in [2.75, 3.05) is 0 Å². The molecule has 116 valence electrons. The van der Waals surface area contributed by atoms with Crippen LogP contribution in [0.4, 0.5) is 0 Å². The van der Waals surface area contributed by atoms with Crippen LogP contribution in [0.15, 0.2) is 60.7 Å². The molecule has 2 atom stereocenters. The van der Waals surface area contributed by atoms with E-state index in [4.69, 9.17) is 0 Å². The van der Waals surface area contributed by atoms with E-state index in [1.165, 1.54) is 0 Å².